The summed E-state index contributed by atoms with van der Waals surface area (Å²) in [6.07, 6.45) is 5.09. The third-order valence-electron chi connectivity index (χ3n) is 5.47. The fourth-order valence-corrected chi connectivity index (χ4v) is 3.68. The topological polar surface area (TPSA) is 84.9 Å². The van der Waals surface area contributed by atoms with Gasteiger partial charge < -0.3 is 19.7 Å². The van der Waals surface area contributed by atoms with Crippen LogP contribution in [0.2, 0.25) is 0 Å². The van der Waals surface area contributed by atoms with E-state index in [0.717, 1.165) is 25.7 Å². The molecule has 1 fully saturated rings. The zero-order valence-electron chi connectivity index (χ0n) is 19.2. The van der Waals surface area contributed by atoms with Gasteiger partial charge in [-0.15, -0.1) is 0 Å². The molecule has 1 saturated carbocycles. The van der Waals surface area contributed by atoms with E-state index in [-0.39, 0.29) is 37.2 Å². The van der Waals surface area contributed by atoms with Gasteiger partial charge >= 0.3 is 0 Å². The number of carbonyl (C=O) groups is 3. The van der Waals surface area contributed by atoms with Gasteiger partial charge in [0.25, 0.3) is 0 Å². The lowest BCUT2D eigenvalue weighted by molar-refractivity contribution is -0.128. The first-order valence-electron chi connectivity index (χ1n) is 11.2. The maximum atomic E-state index is 12.1. The number of Topliss-reactive ketones (excluding diaryl/α,β-unsaturated/α-hetero) is 1. The van der Waals surface area contributed by atoms with Crippen molar-refractivity contribution < 1.29 is 25.3 Å². The Kier molecular flexibility index (Phi) is 12.5. The quantitative estimate of drug-likeness (QED) is 0.341. The van der Waals surface area contributed by atoms with Gasteiger partial charge in [-0.2, -0.15) is 0 Å². The van der Waals surface area contributed by atoms with Crippen LogP contribution in [0.3, 0.4) is 0 Å². The molecule has 1 rings (SSSR count). The van der Waals surface area contributed by atoms with Crippen LogP contribution in [0.25, 0.3) is 0 Å². The third-order valence-corrected chi connectivity index (χ3v) is 5.47. The smallest absolute Gasteiger partial charge is 0.246 e. The molecule has 1 aliphatic rings. The second kappa shape index (κ2) is 14.3. The molecule has 0 aliphatic heterocycles. The summed E-state index contributed by atoms with van der Waals surface area (Å²) < 4.78 is 11.0. The predicted octanol–water partition coefficient (Wildman–Crippen LogP) is 2.98. The van der Waals surface area contributed by atoms with Crippen LogP contribution in [-0.2, 0) is 23.9 Å². The van der Waals surface area contributed by atoms with Crippen molar-refractivity contribution in [1.82, 2.24) is 10.2 Å². The number of ketones is 1. The average Bonchev–Trinajstić information content (AvgIpc) is 2.71. The van der Waals surface area contributed by atoms with Crippen LogP contribution in [0.5, 0.6) is 0 Å². The largest absolute Gasteiger partial charge is 0.379 e. The fourth-order valence-electron chi connectivity index (χ4n) is 3.68. The van der Waals surface area contributed by atoms with E-state index in [0.29, 0.717) is 45.2 Å². The van der Waals surface area contributed by atoms with E-state index in [4.69, 9.17) is 9.47 Å². The average molecular weight is 427 g/mol. The predicted molar refractivity (Wildman–Crippen MR) is 119 cm³/mol. The molecule has 0 atom stereocenters. The van der Waals surface area contributed by atoms with E-state index in [9.17, 15) is 14.4 Å². The van der Waals surface area contributed by atoms with Crippen molar-refractivity contribution >= 4 is 17.6 Å². The Morgan fingerprint density at radius 3 is 2.17 bits per heavy atom. The summed E-state index contributed by atoms with van der Waals surface area (Å²) in [6, 6.07) is 0.263. The van der Waals surface area contributed by atoms with Crippen LogP contribution in [0, 0.1) is 11.8 Å². The van der Waals surface area contributed by atoms with Crippen LogP contribution in [0.15, 0.2) is 12.7 Å². The number of ether oxygens (including phenoxy) is 2. The summed E-state index contributed by atoms with van der Waals surface area (Å²) in [4.78, 5) is 37.5. The molecule has 1 N–H and O–H groups in total. The molecule has 0 aromatic rings. The van der Waals surface area contributed by atoms with Gasteiger partial charge in [-0.25, -0.2) is 0 Å². The molecule has 30 heavy (non-hydrogen) atoms. The highest BCUT2D eigenvalue weighted by Gasteiger charge is 2.28. The van der Waals surface area contributed by atoms with Crippen LogP contribution in [0.4, 0.5) is 0 Å². The molecule has 0 radical (unpaired) electrons. The van der Waals surface area contributed by atoms with Gasteiger partial charge in [0.15, 0.2) is 0 Å². The van der Waals surface area contributed by atoms with Gasteiger partial charge in [0.1, 0.15) is 5.78 Å². The lowest BCUT2D eigenvalue weighted by atomic mass is 9.80. The van der Waals surface area contributed by atoms with Gasteiger partial charge in [0.2, 0.25) is 11.8 Å². The zero-order valence-corrected chi connectivity index (χ0v) is 19.2. The van der Waals surface area contributed by atoms with Gasteiger partial charge in [-0.1, -0.05) is 20.4 Å². The second-order valence-corrected chi connectivity index (χ2v) is 8.48. The Bertz CT molecular complexity index is 560. The first-order valence-corrected chi connectivity index (χ1v) is 11.2. The molecular weight excluding hydrogens is 384 g/mol. The van der Waals surface area contributed by atoms with E-state index >= 15 is 0 Å². The molecule has 7 heteroatoms. The zero-order chi connectivity index (χ0) is 22.5. The molecule has 0 aromatic heterocycles. The summed E-state index contributed by atoms with van der Waals surface area (Å²) in [6.45, 7) is 13.4. The Morgan fingerprint density at radius 1 is 1.03 bits per heavy atom. The summed E-state index contributed by atoms with van der Waals surface area (Å²) in [7, 11) is 0. The Balaban J connectivity index is 0.00000900. The number of amides is 2. The minimum Gasteiger partial charge on any atom is -0.379 e. The van der Waals surface area contributed by atoms with Gasteiger partial charge in [-0.3, -0.25) is 14.4 Å². The van der Waals surface area contributed by atoms with E-state index < -0.39 is 0 Å². The number of nitrogens with zero attached hydrogens (tertiary/aromatic N) is 1. The van der Waals surface area contributed by atoms with E-state index in [2.05, 4.69) is 11.9 Å². The maximum Gasteiger partial charge on any atom is 0.246 e. The van der Waals surface area contributed by atoms with E-state index in [1.807, 2.05) is 27.7 Å². The normalized spacial score (nSPS) is 19.0. The van der Waals surface area contributed by atoms with Crippen molar-refractivity contribution in [3.05, 3.63) is 12.7 Å². The van der Waals surface area contributed by atoms with E-state index in [1.165, 1.54) is 6.08 Å². The fraction of sp³-hybridized carbons (Fsp3) is 0.783. The molecule has 2 amide bonds. The van der Waals surface area contributed by atoms with Crippen molar-refractivity contribution in [1.29, 1.82) is 0 Å². The van der Waals surface area contributed by atoms with Crippen LogP contribution in [-0.4, -0.2) is 67.6 Å². The monoisotopic (exact) mass is 426 g/mol. The first-order chi connectivity index (χ1) is 14.3. The molecule has 0 unspecified atom stereocenters. The van der Waals surface area contributed by atoms with Crippen molar-refractivity contribution in [2.24, 2.45) is 11.8 Å². The Hall–Kier alpha value is -1.73. The highest BCUT2D eigenvalue weighted by Crippen LogP contribution is 2.27. The lowest BCUT2D eigenvalue weighted by Crippen LogP contribution is -2.39. The highest BCUT2D eigenvalue weighted by atomic mass is 16.5. The molecule has 0 saturated heterocycles. The molecular formula is C23H42N2O5. The lowest BCUT2D eigenvalue weighted by Gasteiger charge is -2.29. The third kappa shape index (κ3) is 9.85. The minimum absolute atomic E-state index is 0. The number of rotatable bonds is 14. The number of carbonyl (C=O) groups excluding carboxylic acids is 3. The number of hydrogen-bond acceptors (Lipinski definition) is 5. The van der Waals surface area contributed by atoms with Gasteiger partial charge in [-0.05, 0) is 45.6 Å². The van der Waals surface area contributed by atoms with Crippen molar-refractivity contribution in [3.63, 3.8) is 0 Å². The van der Waals surface area contributed by atoms with Gasteiger partial charge in [0, 0.05) is 38.3 Å². The molecule has 0 bridgehead atoms. The van der Waals surface area contributed by atoms with Gasteiger partial charge in [0.05, 0.1) is 26.4 Å². The maximum absolute atomic E-state index is 12.1. The van der Waals surface area contributed by atoms with Crippen LogP contribution >= 0.6 is 0 Å². The summed E-state index contributed by atoms with van der Waals surface area (Å²) in [5, 5.41) is 3.05. The summed E-state index contributed by atoms with van der Waals surface area (Å²) in [5.41, 5.74) is 0. The molecule has 0 heterocycles. The Labute approximate surface area is 183 Å². The number of hydrogen-bond donors (Lipinski definition) is 1. The first kappa shape index (κ1) is 26.3. The molecule has 1 aliphatic carbocycles. The summed E-state index contributed by atoms with van der Waals surface area (Å²) >= 11 is 0. The SMILES string of the molecule is C=CC(=O)N(CCOCCOCCC(=O)NC1CCC(C(=O)C(C)C)CC1)C(C)C.[HH]. The molecule has 174 valence electrons. The molecule has 0 aromatic carbocycles. The Morgan fingerprint density at radius 2 is 1.63 bits per heavy atom. The molecule has 0 spiro atoms. The minimum atomic E-state index is -0.101. The van der Waals surface area contributed by atoms with Crippen molar-refractivity contribution in [3.8, 4) is 0 Å². The highest BCUT2D eigenvalue weighted by molar-refractivity contribution is 5.87. The second-order valence-electron chi connectivity index (χ2n) is 8.48. The van der Waals surface area contributed by atoms with Crippen molar-refractivity contribution in [2.45, 2.75) is 71.9 Å². The van der Waals surface area contributed by atoms with Crippen LogP contribution in [0.1, 0.15) is 61.2 Å². The standard InChI is InChI=1S/C23H40N2O5.H2/c1-6-22(27)25(18(4)5)12-14-30-16-15-29-13-11-21(26)24-20-9-7-19(8-10-20)23(28)17(2)3;/h6,17-20H,1,7-16H2,2-5H3,(H,24,26);1H. The van der Waals surface area contributed by atoms with E-state index in [1.54, 1.807) is 4.90 Å². The van der Waals surface area contributed by atoms with Crippen molar-refractivity contribution in [2.75, 3.05) is 33.0 Å². The summed E-state index contributed by atoms with van der Waals surface area (Å²) in [5.74, 6) is 0.482. The van der Waals surface area contributed by atoms with Crippen LogP contribution < -0.4 is 5.32 Å². The molecule has 7 nitrogen and oxygen atoms in total. The number of nitrogens with one attached hydrogen (secondary N) is 1.